The molecule has 1 saturated carbocycles. The SMILES string of the molecule is CN(C)CC(N)c1noc(C2CCC(C(F)(F)F)CC2)n1. The molecule has 0 saturated heterocycles. The molecule has 0 radical (unpaired) electrons. The van der Waals surface area contributed by atoms with Crippen molar-refractivity contribution in [2.75, 3.05) is 20.6 Å². The van der Waals surface area contributed by atoms with Crippen molar-refractivity contribution in [3.63, 3.8) is 0 Å². The zero-order valence-corrected chi connectivity index (χ0v) is 12.2. The summed E-state index contributed by atoms with van der Waals surface area (Å²) in [5, 5.41) is 3.85. The molecule has 1 aromatic heterocycles. The smallest absolute Gasteiger partial charge is 0.339 e. The minimum absolute atomic E-state index is 0.0867. The van der Waals surface area contributed by atoms with E-state index in [1.165, 1.54) is 0 Å². The fourth-order valence-electron chi connectivity index (χ4n) is 2.71. The lowest BCUT2D eigenvalue weighted by atomic mass is 9.81. The topological polar surface area (TPSA) is 68.2 Å². The van der Waals surface area contributed by atoms with E-state index in [1.807, 2.05) is 19.0 Å². The van der Waals surface area contributed by atoms with Crippen LogP contribution in [0.3, 0.4) is 0 Å². The average Bonchev–Trinajstić information content (AvgIpc) is 2.86. The Morgan fingerprint density at radius 1 is 1.29 bits per heavy atom. The number of likely N-dealkylation sites (N-methyl/N-ethyl adjacent to an activating group) is 1. The molecule has 0 aromatic carbocycles. The molecule has 0 aliphatic heterocycles. The van der Waals surface area contributed by atoms with Crippen LogP contribution >= 0.6 is 0 Å². The van der Waals surface area contributed by atoms with E-state index < -0.39 is 12.1 Å². The van der Waals surface area contributed by atoms with Crippen molar-refractivity contribution < 1.29 is 17.7 Å². The minimum Gasteiger partial charge on any atom is -0.339 e. The van der Waals surface area contributed by atoms with Gasteiger partial charge in [0.1, 0.15) is 0 Å². The molecule has 21 heavy (non-hydrogen) atoms. The standard InChI is InChI=1S/C13H21F3N4O/c1-20(2)7-10(17)11-18-12(21-19-11)8-3-5-9(6-4-8)13(14,15)16/h8-10H,3-7,17H2,1-2H3. The zero-order chi connectivity index (χ0) is 15.6. The summed E-state index contributed by atoms with van der Waals surface area (Å²) in [6.07, 6.45) is -3.01. The van der Waals surface area contributed by atoms with Gasteiger partial charge in [0, 0.05) is 12.5 Å². The number of hydrogen-bond donors (Lipinski definition) is 1. The van der Waals surface area contributed by atoms with Crippen molar-refractivity contribution in [1.29, 1.82) is 0 Å². The number of aromatic nitrogens is 2. The van der Waals surface area contributed by atoms with Gasteiger partial charge in [-0.15, -0.1) is 0 Å². The summed E-state index contributed by atoms with van der Waals surface area (Å²) in [6, 6.07) is -0.357. The highest BCUT2D eigenvalue weighted by atomic mass is 19.4. The van der Waals surface area contributed by atoms with E-state index >= 15 is 0 Å². The first-order chi connectivity index (χ1) is 9.77. The second-order valence-electron chi connectivity index (χ2n) is 5.95. The van der Waals surface area contributed by atoms with Crippen molar-refractivity contribution in [3.05, 3.63) is 11.7 Å². The molecule has 120 valence electrons. The molecule has 1 fully saturated rings. The Kier molecular flexibility index (Phi) is 4.88. The van der Waals surface area contributed by atoms with E-state index in [1.54, 1.807) is 0 Å². The van der Waals surface area contributed by atoms with Crippen molar-refractivity contribution in [2.24, 2.45) is 11.7 Å². The summed E-state index contributed by atoms with van der Waals surface area (Å²) in [6.45, 7) is 0.583. The molecule has 8 heteroatoms. The molecule has 1 aromatic rings. The summed E-state index contributed by atoms with van der Waals surface area (Å²) >= 11 is 0. The Morgan fingerprint density at radius 3 is 2.43 bits per heavy atom. The Morgan fingerprint density at radius 2 is 1.90 bits per heavy atom. The first-order valence-corrected chi connectivity index (χ1v) is 7.08. The second kappa shape index (κ2) is 6.31. The molecule has 2 rings (SSSR count). The number of rotatable bonds is 4. The van der Waals surface area contributed by atoms with Gasteiger partial charge in [-0.2, -0.15) is 18.2 Å². The Bertz CT molecular complexity index is 453. The molecule has 2 N–H and O–H groups in total. The van der Waals surface area contributed by atoms with Crippen LogP contribution in [0.2, 0.25) is 0 Å². The van der Waals surface area contributed by atoms with Crippen molar-refractivity contribution in [2.45, 2.75) is 43.8 Å². The van der Waals surface area contributed by atoms with E-state index in [9.17, 15) is 13.2 Å². The van der Waals surface area contributed by atoms with Gasteiger partial charge in [0.15, 0.2) is 5.82 Å². The van der Waals surface area contributed by atoms with Crippen LogP contribution in [0.25, 0.3) is 0 Å². The normalized spacial score (nSPS) is 25.3. The van der Waals surface area contributed by atoms with Crippen molar-refractivity contribution in [1.82, 2.24) is 15.0 Å². The summed E-state index contributed by atoms with van der Waals surface area (Å²) in [7, 11) is 3.78. The first-order valence-electron chi connectivity index (χ1n) is 7.08. The second-order valence-corrected chi connectivity index (χ2v) is 5.95. The highest BCUT2D eigenvalue weighted by molar-refractivity contribution is 5.00. The van der Waals surface area contributed by atoms with Crippen LogP contribution in [0.4, 0.5) is 13.2 Å². The maximum atomic E-state index is 12.6. The van der Waals surface area contributed by atoms with E-state index in [4.69, 9.17) is 10.3 Å². The molecule has 1 aliphatic carbocycles. The third-order valence-corrected chi connectivity index (χ3v) is 3.89. The lowest BCUT2D eigenvalue weighted by Gasteiger charge is -2.27. The first kappa shape index (κ1) is 16.2. The highest BCUT2D eigenvalue weighted by Gasteiger charge is 2.42. The summed E-state index contributed by atoms with van der Waals surface area (Å²) in [5.41, 5.74) is 5.94. The van der Waals surface area contributed by atoms with E-state index in [0.717, 1.165) is 0 Å². The van der Waals surface area contributed by atoms with Gasteiger partial charge < -0.3 is 15.2 Å². The van der Waals surface area contributed by atoms with Gasteiger partial charge in [0.05, 0.1) is 12.0 Å². The van der Waals surface area contributed by atoms with Gasteiger partial charge in [0.25, 0.3) is 0 Å². The molecule has 1 aliphatic rings. The summed E-state index contributed by atoms with van der Waals surface area (Å²) in [5.74, 6) is -0.458. The monoisotopic (exact) mass is 306 g/mol. The molecular formula is C13H21F3N4O. The van der Waals surface area contributed by atoms with Gasteiger partial charge in [-0.25, -0.2) is 0 Å². The number of alkyl halides is 3. The van der Waals surface area contributed by atoms with Crippen molar-refractivity contribution in [3.8, 4) is 0 Å². The lowest BCUT2D eigenvalue weighted by molar-refractivity contribution is -0.182. The van der Waals surface area contributed by atoms with Crippen LogP contribution in [-0.4, -0.2) is 41.9 Å². The third kappa shape index (κ3) is 4.16. The van der Waals surface area contributed by atoms with Crippen LogP contribution in [0.5, 0.6) is 0 Å². The van der Waals surface area contributed by atoms with Gasteiger partial charge in [-0.05, 0) is 39.8 Å². The van der Waals surface area contributed by atoms with Crippen LogP contribution < -0.4 is 5.73 Å². The maximum Gasteiger partial charge on any atom is 0.391 e. The van der Waals surface area contributed by atoms with Crippen LogP contribution in [0.15, 0.2) is 4.52 Å². The van der Waals surface area contributed by atoms with Crippen LogP contribution in [0.1, 0.15) is 49.4 Å². The number of halogens is 3. The molecule has 1 unspecified atom stereocenters. The Labute approximate surface area is 121 Å². The number of hydrogen-bond acceptors (Lipinski definition) is 5. The van der Waals surface area contributed by atoms with E-state index in [-0.39, 0.29) is 24.8 Å². The third-order valence-electron chi connectivity index (χ3n) is 3.89. The van der Waals surface area contributed by atoms with E-state index in [2.05, 4.69) is 10.1 Å². The highest BCUT2D eigenvalue weighted by Crippen LogP contribution is 2.42. The van der Waals surface area contributed by atoms with Gasteiger partial charge in [-0.3, -0.25) is 0 Å². The van der Waals surface area contributed by atoms with Crippen molar-refractivity contribution >= 4 is 0 Å². The fraction of sp³-hybridized carbons (Fsp3) is 0.846. The molecule has 0 bridgehead atoms. The van der Waals surface area contributed by atoms with Crippen LogP contribution in [-0.2, 0) is 0 Å². The average molecular weight is 306 g/mol. The molecule has 5 nitrogen and oxygen atoms in total. The maximum absolute atomic E-state index is 12.6. The summed E-state index contributed by atoms with van der Waals surface area (Å²) < 4.78 is 43.1. The Hall–Kier alpha value is -1.15. The van der Waals surface area contributed by atoms with Gasteiger partial charge in [-0.1, -0.05) is 5.16 Å². The largest absolute Gasteiger partial charge is 0.391 e. The summed E-state index contributed by atoms with van der Waals surface area (Å²) in [4.78, 5) is 6.18. The fourth-order valence-corrected chi connectivity index (χ4v) is 2.71. The van der Waals surface area contributed by atoms with E-state index in [0.29, 0.717) is 31.1 Å². The molecule has 0 spiro atoms. The van der Waals surface area contributed by atoms with Gasteiger partial charge >= 0.3 is 6.18 Å². The number of nitrogens with zero attached hydrogens (tertiary/aromatic N) is 3. The molecule has 1 atom stereocenters. The lowest BCUT2D eigenvalue weighted by Crippen LogP contribution is -2.27. The predicted octanol–water partition coefficient (Wildman–Crippen LogP) is 2.47. The molecule has 0 amide bonds. The minimum atomic E-state index is -4.10. The Balaban J connectivity index is 1.94. The van der Waals surface area contributed by atoms with Gasteiger partial charge in [0.2, 0.25) is 5.89 Å². The predicted molar refractivity (Wildman–Crippen MR) is 70.5 cm³/mol. The quantitative estimate of drug-likeness (QED) is 0.925. The van der Waals surface area contributed by atoms with Crippen LogP contribution in [0, 0.1) is 5.92 Å². The number of nitrogens with two attached hydrogens (primary N) is 1. The molecule has 1 heterocycles. The zero-order valence-electron chi connectivity index (χ0n) is 12.2. The molecular weight excluding hydrogens is 285 g/mol.